The number of amides is 1. The Morgan fingerprint density at radius 2 is 1.89 bits per heavy atom. The van der Waals surface area contributed by atoms with E-state index in [4.69, 9.17) is 9.47 Å². The molecule has 242 valence electrons. The highest BCUT2D eigenvalue weighted by Gasteiger charge is 2.37. The molecule has 4 rings (SSSR count). The van der Waals surface area contributed by atoms with Gasteiger partial charge in [0.25, 0.3) is 0 Å². The predicted octanol–water partition coefficient (Wildman–Crippen LogP) is 5.15. The first-order chi connectivity index (χ1) is 21.0. The van der Waals surface area contributed by atoms with Gasteiger partial charge in [0, 0.05) is 55.9 Å². The lowest BCUT2D eigenvalue weighted by Gasteiger charge is -2.39. The Morgan fingerprint density at radius 3 is 2.57 bits per heavy atom. The van der Waals surface area contributed by atoms with Crippen LogP contribution in [0.5, 0.6) is 0 Å². The first-order valence-electron chi connectivity index (χ1n) is 16.3. The molecule has 0 bridgehead atoms. The maximum atomic E-state index is 13.3. The minimum Gasteiger partial charge on any atom is -0.457 e. The first-order valence-corrected chi connectivity index (χ1v) is 16.3. The molecule has 0 radical (unpaired) electrons. The van der Waals surface area contributed by atoms with Crippen molar-refractivity contribution in [3.05, 3.63) is 66.0 Å². The largest absolute Gasteiger partial charge is 0.457 e. The van der Waals surface area contributed by atoms with Crippen LogP contribution in [0.3, 0.4) is 0 Å². The van der Waals surface area contributed by atoms with E-state index in [0.29, 0.717) is 19.1 Å². The third-order valence-electron chi connectivity index (χ3n) is 9.33. The van der Waals surface area contributed by atoms with E-state index in [9.17, 15) is 19.8 Å². The average Bonchev–Trinajstić information content (AvgIpc) is 3.56. The van der Waals surface area contributed by atoms with Crippen molar-refractivity contribution in [2.45, 2.75) is 109 Å². The number of rotatable bonds is 6. The van der Waals surface area contributed by atoms with Gasteiger partial charge < -0.3 is 24.6 Å². The summed E-state index contributed by atoms with van der Waals surface area (Å²) in [5.41, 5.74) is 0.347. The number of aliphatic hydroxyl groups excluding tert-OH is 1. The number of aliphatic hydroxyl groups is 2. The van der Waals surface area contributed by atoms with Gasteiger partial charge in [-0.3, -0.25) is 14.7 Å². The summed E-state index contributed by atoms with van der Waals surface area (Å²) < 4.78 is 11.8. The molecule has 0 aromatic carbocycles. The molecular formula is C35H51N3O6. The Balaban J connectivity index is 1.47. The van der Waals surface area contributed by atoms with E-state index < -0.39 is 36.0 Å². The molecule has 3 aliphatic rings. The Labute approximate surface area is 262 Å². The van der Waals surface area contributed by atoms with E-state index in [2.05, 4.69) is 16.8 Å². The highest BCUT2D eigenvalue weighted by Crippen LogP contribution is 2.28. The molecule has 3 heterocycles. The molecular weight excluding hydrogens is 558 g/mol. The van der Waals surface area contributed by atoms with Gasteiger partial charge in [-0.25, -0.2) is 4.79 Å². The minimum absolute atomic E-state index is 0.106. The summed E-state index contributed by atoms with van der Waals surface area (Å²) in [5, 5.41) is 22.1. The lowest BCUT2D eigenvalue weighted by molar-refractivity contribution is -0.151. The maximum Gasteiger partial charge on any atom is 0.410 e. The number of carbonyl (C=O) groups is 2. The fraction of sp³-hybridized carbons (Fsp3) is 0.629. The van der Waals surface area contributed by atoms with Crippen LogP contribution in [0.15, 0.2) is 60.3 Å². The summed E-state index contributed by atoms with van der Waals surface area (Å²) in [5.74, 6) is -0.684. The Bertz CT molecular complexity index is 1170. The zero-order valence-electron chi connectivity index (χ0n) is 26.8. The van der Waals surface area contributed by atoms with Crippen molar-refractivity contribution in [2.75, 3.05) is 26.2 Å². The second kappa shape index (κ2) is 15.8. The molecule has 2 N–H and O–H groups in total. The number of aromatic nitrogens is 1. The summed E-state index contributed by atoms with van der Waals surface area (Å²) in [6.45, 7) is 10.3. The third kappa shape index (κ3) is 9.49. The number of hydrogen-bond donors (Lipinski definition) is 2. The third-order valence-corrected chi connectivity index (χ3v) is 9.33. The summed E-state index contributed by atoms with van der Waals surface area (Å²) in [4.78, 5) is 34.7. The van der Waals surface area contributed by atoms with E-state index >= 15 is 0 Å². The summed E-state index contributed by atoms with van der Waals surface area (Å²) in [6.07, 6.45) is 13.4. The van der Waals surface area contributed by atoms with Crippen molar-refractivity contribution in [2.24, 2.45) is 5.92 Å². The topological polar surface area (TPSA) is 112 Å². The summed E-state index contributed by atoms with van der Waals surface area (Å²) >= 11 is 0. The molecule has 9 heteroatoms. The highest BCUT2D eigenvalue weighted by atomic mass is 16.6. The van der Waals surface area contributed by atoms with Crippen LogP contribution >= 0.6 is 0 Å². The molecule has 1 aliphatic carbocycles. The van der Waals surface area contributed by atoms with Gasteiger partial charge in [-0.1, -0.05) is 57.1 Å². The van der Waals surface area contributed by atoms with Crippen LogP contribution in [0.25, 0.3) is 0 Å². The number of nitrogens with zero attached hydrogens (tertiary/aromatic N) is 3. The number of piperazine rings is 1. The second-order valence-corrected chi connectivity index (χ2v) is 13.0. The van der Waals surface area contributed by atoms with Gasteiger partial charge in [-0.15, -0.1) is 0 Å². The smallest absolute Gasteiger partial charge is 0.410 e. The molecule has 1 amide bonds. The van der Waals surface area contributed by atoms with Crippen LogP contribution in [0.2, 0.25) is 0 Å². The molecule has 1 aromatic rings. The summed E-state index contributed by atoms with van der Waals surface area (Å²) in [6, 6.07) is 6.44. The van der Waals surface area contributed by atoms with Crippen LogP contribution < -0.4 is 0 Å². The van der Waals surface area contributed by atoms with Gasteiger partial charge in [-0.2, -0.15) is 0 Å². The fourth-order valence-corrected chi connectivity index (χ4v) is 6.39. The number of hydrogen-bond acceptors (Lipinski definition) is 8. The van der Waals surface area contributed by atoms with Crippen LogP contribution in [0.1, 0.15) is 84.3 Å². The maximum absolute atomic E-state index is 13.3. The monoisotopic (exact) mass is 609 g/mol. The Morgan fingerprint density at radius 1 is 1.16 bits per heavy atom. The van der Waals surface area contributed by atoms with Crippen LogP contribution in [-0.2, 0) is 14.3 Å². The number of ether oxygens (including phenoxy) is 2. The Kier molecular flexibility index (Phi) is 12.2. The van der Waals surface area contributed by atoms with Gasteiger partial charge in [-0.05, 0) is 63.3 Å². The zero-order valence-corrected chi connectivity index (χ0v) is 26.8. The number of cyclic esters (lactones) is 1. The van der Waals surface area contributed by atoms with Crippen molar-refractivity contribution in [1.82, 2.24) is 14.8 Å². The predicted molar refractivity (Wildman–Crippen MR) is 170 cm³/mol. The standard InChI is InChI=1S/C35H51N3O6/c1-25(30-14-7-8-19-36-30)10-9-11-26(2)33-27(3)15-16-31(35(4,42)18-17-29(39)24-32(40)44-33)43-34(41)38-22-20-37(21-23-38)28-12-5-6-13-28/h7-11,14-16,19,25,27-29,31,33,39,42H,5-6,12-13,17-18,20-24H2,1-4H3/b10-9+,16-15+,26-11+/t25-,27+,29-,31+,33-,35-/m1/s1. The van der Waals surface area contributed by atoms with E-state index in [1.165, 1.54) is 25.7 Å². The van der Waals surface area contributed by atoms with Crippen molar-refractivity contribution in [3.8, 4) is 0 Å². The molecule has 9 nitrogen and oxygen atoms in total. The SMILES string of the molecule is C/C(=C\C=C\[C@@H](C)c1ccccn1)[C@H]1OC(=O)C[C@H](O)CC[C@@](C)(O)[C@@H](OC(=O)N2CCN(C3CCCC3)CC2)/C=C/[C@@H]1C. The molecule has 0 spiro atoms. The highest BCUT2D eigenvalue weighted by molar-refractivity contribution is 5.70. The lowest BCUT2D eigenvalue weighted by Crippen LogP contribution is -2.53. The van der Waals surface area contributed by atoms with E-state index in [0.717, 1.165) is 24.4 Å². The Hall–Kier alpha value is -3.01. The first kappa shape index (κ1) is 33.9. The van der Waals surface area contributed by atoms with Crippen molar-refractivity contribution >= 4 is 12.1 Å². The molecule has 2 aliphatic heterocycles. The normalized spacial score (nSPS) is 31.6. The van der Waals surface area contributed by atoms with Crippen molar-refractivity contribution < 1.29 is 29.3 Å². The van der Waals surface area contributed by atoms with Crippen LogP contribution in [0.4, 0.5) is 4.79 Å². The van der Waals surface area contributed by atoms with Gasteiger partial charge in [0.15, 0.2) is 6.10 Å². The van der Waals surface area contributed by atoms with E-state index in [-0.39, 0.29) is 31.1 Å². The second-order valence-electron chi connectivity index (χ2n) is 13.0. The van der Waals surface area contributed by atoms with Crippen LogP contribution in [-0.4, -0.2) is 93.2 Å². The van der Waals surface area contributed by atoms with Crippen LogP contribution in [0, 0.1) is 5.92 Å². The van der Waals surface area contributed by atoms with Crippen molar-refractivity contribution in [1.29, 1.82) is 0 Å². The zero-order chi connectivity index (χ0) is 31.7. The molecule has 1 saturated carbocycles. The minimum atomic E-state index is -1.44. The molecule has 6 atom stereocenters. The molecule has 0 unspecified atom stereocenters. The molecule has 2 fully saturated rings. The number of esters is 1. The number of allylic oxidation sites excluding steroid dienone is 3. The van der Waals surface area contributed by atoms with E-state index in [1.807, 2.05) is 56.4 Å². The molecule has 1 saturated heterocycles. The van der Waals surface area contributed by atoms with E-state index in [1.54, 1.807) is 24.1 Å². The quantitative estimate of drug-likeness (QED) is 0.259. The average molecular weight is 610 g/mol. The van der Waals surface area contributed by atoms with Crippen molar-refractivity contribution in [3.63, 3.8) is 0 Å². The van der Waals surface area contributed by atoms with Gasteiger partial charge >= 0.3 is 12.1 Å². The van der Waals surface area contributed by atoms with Gasteiger partial charge in [0.05, 0.1) is 12.5 Å². The number of carbonyl (C=O) groups excluding carboxylic acids is 2. The van der Waals surface area contributed by atoms with Gasteiger partial charge in [0.1, 0.15) is 11.7 Å². The molecule has 1 aromatic heterocycles. The molecule has 44 heavy (non-hydrogen) atoms. The lowest BCUT2D eigenvalue weighted by atomic mass is 9.88. The summed E-state index contributed by atoms with van der Waals surface area (Å²) in [7, 11) is 0. The fourth-order valence-electron chi connectivity index (χ4n) is 6.39. The van der Waals surface area contributed by atoms with Gasteiger partial charge in [0.2, 0.25) is 0 Å². The number of pyridine rings is 1.